The van der Waals surface area contributed by atoms with Gasteiger partial charge in [-0.1, -0.05) is 17.7 Å². The number of amides is 1. The molecule has 10 nitrogen and oxygen atoms in total. The molecule has 3 fully saturated rings. The van der Waals surface area contributed by atoms with E-state index in [2.05, 4.69) is 30.4 Å². The summed E-state index contributed by atoms with van der Waals surface area (Å²) in [5, 5.41) is 6.81. The molecule has 238 valence electrons. The van der Waals surface area contributed by atoms with Gasteiger partial charge in [-0.05, 0) is 43.0 Å². The number of fused-ring (bicyclic) bond motifs is 1. The zero-order valence-electron chi connectivity index (χ0n) is 24.8. The maximum Gasteiger partial charge on any atom is 0.319 e. The number of ether oxygens (including phenoxy) is 2. The molecule has 3 heterocycles. The Hall–Kier alpha value is -3.45. The molecular formula is C32H36ClFN6O4S. The van der Waals surface area contributed by atoms with E-state index >= 15 is 0 Å². The minimum absolute atomic E-state index is 0.000880. The molecule has 3 aromatic rings. The Kier molecular flexibility index (Phi) is 10.3. The minimum atomic E-state index is -0.507. The summed E-state index contributed by atoms with van der Waals surface area (Å²) in [5.41, 5.74) is 1.73. The van der Waals surface area contributed by atoms with E-state index in [9.17, 15) is 14.0 Å². The molecule has 1 aromatic heterocycles. The number of nitrogens with one attached hydrogen (secondary N) is 2. The van der Waals surface area contributed by atoms with E-state index in [1.807, 2.05) is 6.08 Å². The fourth-order valence-electron chi connectivity index (χ4n) is 5.23. The monoisotopic (exact) mass is 654 g/mol. The Morgan fingerprint density at radius 1 is 1.13 bits per heavy atom. The lowest BCUT2D eigenvalue weighted by molar-refractivity contribution is -0.137. The molecule has 45 heavy (non-hydrogen) atoms. The van der Waals surface area contributed by atoms with Crippen molar-refractivity contribution in [2.24, 2.45) is 5.92 Å². The summed E-state index contributed by atoms with van der Waals surface area (Å²) in [6, 6.07) is 7.95. The smallest absolute Gasteiger partial charge is 0.319 e. The standard InChI is InChI=1S/C32H36ClFN6O4S/c33-24-16-22(5-6-25(24)34)37-31-23-17-27(28(44-19-21-3-4-21)18-26(23)35-20-36-31)38-30(41)2-1-8-39-9-11-40(12-10-39)13-15-45-29-7-14-43-32(29)42/h1-2,5-6,16-18,20-21,29H,3-4,7-15,19H2,(H,38,41)(H,35,36,37). The lowest BCUT2D eigenvalue weighted by atomic mass is 10.1. The van der Waals surface area contributed by atoms with Crippen LogP contribution in [0.1, 0.15) is 19.3 Å². The van der Waals surface area contributed by atoms with Crippen molar-refractivity contribution in [3.8, 4) is 5.75 Å². The summed E-state index contributed by atoms with van der Waals surface area (Å²) in [7, 11) is 0. The molecular weight excluding hydrogens is 619 g/mol. The predicted octanol–water partition coefficient (Wildman–Crippen LogP) is 5.12. The van der Waals surface area contributed by atoms with Gasteiger partial charge >= 0.3 is 5.97 Å². The van der Waals surface area contributed by atoms with Crippen LogP contribution in [0.3, 0.4) is 0 Å². The Labute approximate surface area is 270 Å². The average Bonchev–Trinajstić information content (AvgIpc) is 3.78. The maximum absolute atomic E-state index is 13.7. The number of halogens is 2. The molecule has 2 saturated heterocycles. The molecule has 1 saturated carbocycles. The van der Waals surface area contributed by atoms with E-state index in [-0.39, 0.29) is 22.1 Å². The number of esters is 1. The largest absolute Gasteiger partial charge is 0.491 e. The van der Waals surface area contributed by atoms with Crippen LogP contribution in [-0.2, 0) is 14.3 Å². The lowest BCUT2D eigenvalue weighted by Gasteiger charge is -2.34. The molecule has 1 unspecified atom stereocenters. The first kappa shape index (κ1) is 31.5. The summed E-state index contributed by atoms with van der Waals surface area (Å²) < 4.78 is 24.8. The van der Waals surface area contributed by atoms with Crippen LogP contribution in [-0.4, -0.2) is 95.1 Å². The zero-order chi connectivity index (χ0) is 31.2. The molecule has 1 aliphatic carbocycles. The molecule has 0 spiro atoms. The molecule has 2 aliphatic heterocycles. The van der Waals surface area contributed by atoms with Gasteiger partial charge in [0.1, 0.15) is 29.0 Å². The summed E-state index contributed by atoms with van der Waals surface area (Å²) in [6.07, 6.45) is 7.96. The summed E-state index contributed by atoms with van der Waals surface area (Å²) in [6.45, 7) is 6.50. The van der Waals surface area contributed by atoms with Gasteiger partial charge in [-0.25, -0.2) is 14.4 Å². The number of hydrogen-bond acceptors (Lipinski definition) is 10. The number of aromatic nitrogens is 2. The number of hydrogen-bond donors (Lipinski definition) is 2. The second kappa shape index (κ2) is 14.8. The van der Waals surface area contributed by atoms with Crippen molar-refractivity contribution in [3.63, 3.8) is 0 Å². The van der Waals surface area contributed by atoms with Gasteiger partial charge in [0.25, 0.3) is 0 Å². The normalized spacial score (nSPS) is 19.2. The number of anilines is 3. The van der Waals surface area contributed by atoms with E-state index < -0.39 is 5.82 Å². The highest BCUT2D eigenvalue weighted by Crippen LogP contribution is 2.36. The highest BCUT2D eigenvalue weighted by molar-refractivity contribution is 8.00. The average molecular weight is 655 g/mol. The number of thioether (sulfide) groups is 1. The number of benzene rings is 2. The molecule has 1 amide bonds. The second-order valence-corrected chi connectivity index (χ2v) is 13.2. The van der Waals surface area contributed by atoms with E-state index in [0.29, 0.717) is 59.5 Å². The van der Waals surface area contributed by atoms with E-state index in [4.69, 9.17) is 21.1 Å². The third kappa shape index (κ3) is 8.63. The quantitative estimate of drug-likeness (QED) is 0.191. The minimum Gasteiger partial charge on any atom is -0.491 e. The van der Waals surface area contributed by atoms with E-state index in [1.165, 1.54) is 18.5 Å². The van der Waals surface area contributed by atoms with Crippen molar-refractivity contribution in [1.82, 2.24) is 19.8 Å². The highest BCUT2D eigenvalue weighted by atomic mass is 35.5. The lowest BCUT2D eigenvalue weighted by Crippen LogP contribution is -2.47. The fraction of sp³-hybridized carbons (Fsp3) is 0.438. The maximum atomic E-state index is 13.7. The molecule has 2 aromatic carbocycles. The van der Waals surface area contributed by atoms with Gasteiger partial charge < -0.3 is 20.1 Å². The Bertz CT molecular complexity index is 1570. The van der Waals surface area contributed by atoms with Gasteiger partial charge in [0, 0.05) is 74.7 Å². The Morgan fingerprint density at radius 2 is 1.96 bits per heavy atom. The fourth-order valence-corrected chi connectivity index (χ4v) is 6.53. The number of piperazine rings is 1. The van der Waals surface area contributed by atoms with Gasteiger partial charge in [-0.2, -0.15) is 0 Å². The van der Waals surface area contributed by atoms with Crippen LogP contribution in [0.2, 0.25) is 5.02 Å². The van der Waals surface area contributed by atoms with E-state index in [1.54, 1.807) is 36.0 Å². The number of nitrogens with zero attached hydrogens (tertiary/aromatic N) is 4. The number of cyclic esters (lactones) is 1. The van der Waals surface area contributed by atoms with Gasteiger partial charge in [-0.15, -0.1) is 11.8 Å². The Balaban J connectivity index is 1.05. The van der Waals surface area contributed by atoms with Crippen LogP contribution in [0.25, 0.3) is 10.9 Å². The molecule has 13 heteroatoms. The van der Waals surface area contributed by atoms with E-state index in [0.717, 1.165) is 57.7 Å². The van der Waals surface area contributed by atoms with Gasteiger partial charge in [0.15, 0.2) is 0 Å². The second-order valence-electron chi connectivity index (χ2n) is 11.4. The SMILES string of the molecule is O=C(C=CCN1CCN(CCSC2CCOC2=O)CC1)Nc1cc2c(Nc3ccc(F)c(Cl)c3)ncnc2cc1OCC1CC1. The first-order chi connectivity index (χ1) is 21.9. The molecule has 3 aliphatic rings. The van der Waals surface area contributed by atoms with Crippen molar-refractivity contribution in [3.05, 3.63) is 59.7 Å². The van der Waals surface area contributed by atoms with Crippen LogP contribution in [0.15, 0.2) is 48.8 Å². The van der Waals surface area contributed by atoms with Crippen LogP contribution in [0.4, 0.5) is 21.6 Å². The van der Waals surface area contributed by atoms with Gasteiger partial charge in [0.2, 0.25) is 5.91 Å². The molecule has 0 radical (unpaired) electrons. The number of carbonyl (C=O) groups excluding carboxylic acids is 2. The third-order valence-corrected chi connectivity index (χ3v) is 9.60. The molecule has 6 rings (SSSR count). The Morgan fingerprint density at radius 3 is 2.71 bits per heavy atom. The van der Waals surface area contributed by atoms with Crippen LogP contribution >= 0.6 is 23.4 Å². The third-order valence-electron chi connectivity index (χ3n) is 8.06. The van der Waals surface area contributed by atoms with Crippen molar-refractivity contribution < 1.29 is 23.5 Å². The summed E-state index contributed by atoms with van der Waals surface area (Å²) >= 11 is 7.66. The van der Waals surface area contributed by atoms with Crippen LogP contribution in [0, 0.1) is 11.7 Å². The van der Waals surface area contributed by atoms with Gasteiger partial charge in [0.05, 0.1) is 29.4 Å². The first-order valence-electron chi connectivity index (χ1n) is 15.3. The summed E-state index contributed by atoms with van der Waals surface area (Å²) in [5.74, 6) is 1.64. The highest BCUT2D eigenvalue weighted by Gasteiger charge is 2.27. The topological polar surface area (TPSA) is 109 Å². The van der Waals surface area contributed by atoms with Crippen molar-refractivity contribution in [2.45, 2.75) is 24.5 Å². The van der Waals surface area contributed by atoms with Crippen molar-refractivity contribution in [1.29, 1.82) is 0 Å². The van der Waals surface area contributed by atoms with Crippen molar-refractivity contribution >= 4 is 63.3 Å². The summed E-state index contributed by atoms with van der Waals surface area (Å²) in [4.78, 5) is 38.2. The van der Waals surface area contributed by atoms with Gasteiger partial charge in [-0.3, -0.25) is 19.4 Å². The zero-order valence-corrected chi connectivity index (χ0v) is 26.4. The van der Waals surface area contributed by atoms with Crippen LogP contribution in [0.5, 0.6) is 5.75 Å². The first-order valence-corrected chi connectivity index (χ1v) is 16.7. The number of rotatable bonds is 13. The molecule has 2 N–H and O–H groups in total. The van der Waals surface area contributed by atoms with Crippen molar-refractivity contribution in [2.75, 3.05) is 68.9 Å². The molecule has 0 bridgehead atoms. The van der Waals surface area contributed by atoms with Crippen LogP contribution < -0.4 is 15.4 Å². The molecule has 1 atom stereocenters. The number of carbonyl (C=O) groups is 2. The predicted molar refractivity (Wildman–Crippen MR) is 175 cm³/mol.